The fourth-order valence-corrected chi connectivity index (χ4v) is 10.5. The van der Waals surface area contributed by atoms with E-state index >= 15 is 0 Å². The number of halogens is 7. The van der Waals surface area contributed by atoms with Crippen LogP contribution in [0.2, 0.25) is 0 Å². The van der Waals surface area contributed by atoms with Crippen molar-refractivity contribution in [1.82, 2.24) is 29.5 Å². The van der Waals surface area contributed by atoms with Crippen molar-refractivity contribution in [3.8, 4) is 0 Å². The lowest BCUT2D eigenvalue weighted by atomic mass is 10.0. The molecule has 2 fully saturated rings. The van der Waals surface area contributed by atoms with Crippen LogP contribution in [0.15, 0.2) is 107 Å². The molecule has 372 valence electrons. The van der Waals surface area contributed by atoms with Crippen molar-refractivity contribution >= 4 is 61.6 Å². The summed E-state index contributed by atoms with van der Waals surface area (Å²) in [7, 11) is -8.42. The highest BCUT2D eigenvalue weighted by atomic mass is 35.5. The molecule has 0 saturated carbocycles. The highest BCUT2D eigenvalue weighted by Crippen LogP contribution is 2.32. The van der Waals surface area contributed by atoms with Crippen LogP contribution in [0.3, 0.4) is 0 Å². The van der Waals surface area contributed by atoms with Gasteiger partial charge in [0.15, 0.2) is 5.11 Å². The number of nitrogens with zero attached hydrogens (tertiary/aromatic N) is 3. The van der Waals surface area contributed by atoms with E-state index in [1.807, 2.05) is 48.5 Å². The monoisotopic (exact) mass is 1030 g/mol. The number of hydrogen-bond donors (Lipinski definition) is 4. The second-order valence-corrected chi connectivity index (χ2v) is 20.7. The summed E-state index contributed by atoms with van der Waals surface area (Å²) in [6, 6.07) is 19.8. The molecule has 0 aromatic heterocycles. The van der Waals surface area contributed by atoms with Crippen LogP contribution in [0, 0.1) is 0 Å². The van der Waals surface area contributed by atoms with Crippen LogP contribution in [0.25, 0.3) is 0 Å². The summed E-state index contributed by atoms with van der Waals surface area (Å²) in [5.74, 6) is -0.290. The van der Waals surface area contributed by atoms with Crippen molar-refractivity contribution in [1.29, 1.82) is 0 Å². The number of hydrogen-bond acceptors (Lipinski definition) is 8. The number of benzene rings is 4. The first-order valence-corrected chi connectivity index (χ1v) is 24.5. The SMILES string of the molecule is CC(C)c1ccc(CNC(=O)[C@H]2CN(C(N)=S)CCN2S(=O)(=O)c2ccc(C(F)(F)F)cc2)cc1.CC(C)c1ccc(CNC(=O)[C@H]2CNCCN2S(=O)(=O)c2ccc(C(F)(F)F)cc2)cc1.Cl. The minimum atomic E-state index is -4.60. The Bertz CT molecular complexity index is 2570. The Kier molecular flexibility index (Phi) is 19.0. The first kappa shape index (κ1) is 55.8. The second-order valence-electron chi connectivity index (χ2n) is 16.5. The van der Waals surface area contributed by atoms with Gasteiger partial charge in [-0.3, -0.25) is 9.59 Å². The topological polar surface area (TPSA) is 174 Å². The molecule has 5 N–H and O–H groups in total. The molecule has 4 aromatic carbocycles. The Labute approximate surface area is 404 Å². The lowest BCUT2D eigenvalue weighted by Gasteiger charge is -2.39. The number of rotatable bonds is 12. The van der Waals surface area contributed by atoms with E-state index in [1.54, 1.807) is 0 Å². The summed E-state index contributed by atoms with van der Waals surface area (Å²) < 4.78 is 132. The number of thiocarbonyl (C=S) groups is 1. The predicted molar refractivity (Wildman–Crippen MR) is 251 cm³/mol. The third kappa shape index (κ3) is 14.1. The average Bonchev–Trinajstić information content (AvgIpc) is 3.29. The van der Waals surface area contributed by atoms with Crippen LogP contribution >= 0.6 is 24.6 Å². The van der Waals surface area contributed by atoms with E-state index in [2.05, 4.69) is 43.6 Å². The zero-order chi connectivity index (χ0) is 49.5. The molecule has 2 heterocycles. The molecule has 6 rings (SSSR count). The number of piperazine rings is 2. The molecule has 23 heteroatoms. The van der Waals surface area contributed by atoms with Gasteiger partial charge >= 0.3 is 12.4 Å². The third-order valence-corrected chi connectivity index (χ3v) is 15.3. The van der Waals surface area contributed by atoms with Crippen molar-refractivity contribution in [2.75, 3.05) is 39.3 Å². The zero-order valence-corrected chi connectivity index (χ0v) is 40.7. The van der Waals surface area contributed by atoms with Gasteiger partial charge in [0.2, 0.25) is 31.9 Å². The fourth-order valence-electron chi connectivity index (χ4n) is 7.22. The summed E-state index contributed by atoms with van der Waals surface area (Å²) in [4.78, 5) is 26.8. The summed E-state index contributed by atoms with van der Waals surface area (Å²) in [5, 5.41) is 8.55. The van der Waals surface area contributed by atoms with Crippen molar-refractivity contribution in [2.24, 2.45) is 5.73 Å². The van der Waals surface area contributed by atoms with E-state index in [0.29, 0.717) is 30.5 Å². The molecular weight excluding hydrogens is 980 g/mol. The number of amides is 2. The first-order chi connectivity index (χ1) is 31.3. The highest BCUT2D eigenvalue weighted by molar-refractivity contribution is 7.89. The Balaban J connectivity index is 0.000000293. The van der Waals surface area contributed by atoms with Crippen molar-refractivity contribution in [3.63, 3.8) is 0 Å². The van der Waals surface area contributed by atoms with Gasteiger partial charge in [-0.2, -0.15) is 35.0 Å². The second kappa shape index (κ2) is 23.2. The molecule has 2 aliphatic heterocycles. The Morgan fingerprint density at radius 1 is 0.647 bits per heavy atom. The predicted octanol–water partition coefficient (Wildman–Crippen LogP) is 6.59. The maximum Gasteiger partial charge on any atom is 0.416 e. The Hall–Kier alpha value is -4.84. The van der Waals surface area contributed by atoms with Crippen molar-refractivity contribution in [2.45, 2.75) is 86.8 Å². The van der Waals surface area contributed by atoms with E-state index in [1.165, 1.54) is 10.5 Å². The molecule has 2 amide bonds. The van der Waals surface area contributed by atoms with Gasteiger partial charge in [0, 0.05) is 52.4 Å². The van der Waals surface area contributed by atoms with Gasteiger partial charge in [-0.1, -0.05) is 76.2 Å². The number of carbonyl (C=O) groups is 2. The summed E-state index contributed by atoms with van der Waals surface area (Å²) >= 11 is 5.00. The van der Waals surface area contributed by atoms with Crippen LogP contribution in [0.4, 0.5) is 26.3 Å². The minimum absolute atomic E-state index is 0. The Morgan fingerprint density at radius 3 is 1.40 bits per heavy atom. The average molecular weight is 1030 g/mol. The number of alkyl halides is 6. The van der Waals surface area contributed by atoms with Gasteiger partial charge in [0.05, 0.1) is 20.9 Å². The van der Waals surface area contributed by atoms with Crippen LogP contribution in [0.5, 0.6) is 0 Å². The molecule has 0 bridgehead atoms. The fraction of sp³-hybridized carbons (Fsp3) is 0.400. The van der Waals surface area contributed by atoms with E-state index in [-0.39, 0.29) is 73.1 Å². The molecule has 0 radical (unpaired) electrons. The van der Waals surface area contributed by atoms with E-state index in [9.17, 15) is 52.8 Å². The van der Waals surface area contributed by atoms with Crippen molar-refractivity contribution in [3.05, 3.63) is 130 Å². The number of nitrogens with one attached hydrogen (secondary N) is 3. The maximum atomic E-state index is 13.3. The molecule has 68 heavy (non-hydrogen) atoms. The molecule has 2 atom stereocenters. The maximum absolute atomic E-state index is 13.3. The molecule has 4 aromatic rings. The van der Waals surface area contributed by atoms with Crippen LogP contribution < -0.4 is 21.7 Å². The number of carbonyl (C=O) groups excluding carboxylic acids is 2. The largest absolute Gasteiger partial charge is 0.416 e. The molecule has 0 unspecified atom stereocenters. The van der Waals surface area contributed by atoms with Gasteiger partial charge in [0.25, 0.3) is 0 Å². The number of nitrogens with two attached hydrogens (primary N) is 1. The standard InChI is InChI=1S/C23H27F3N4O3S2.C22H26F3N3O3S.ClH/c1-15(2)17-5-3-16(4-6-17)13-28-21(31)20-14-29(22(27)34)11-12-30(20)35(32,33)19-9-7-18(8-10-19)23(24,25)26;1-15(2)17-5-3-16(4-6-17)13-27-21(29)20-14-26-11-12-28(20)32(30,31)19-9-7-18(8-10-19)22(23,24)25;/h3-10,15,20H,11-14H2,1-2H3,(H2,27,34)(H,28,31);3-10,15,20,26H,11-14H2,1-2H3,(H,27,29);1H/t2*20-;/m11./s1. The molecule has 2 saturated heterocycles. The van der Waals surface area contributed by atoms with E-state index in [4.69, 9.17) is 18.0 Å². The quantitative estimate of drug-likeness (QED) is 0.0896. The minimum Gasteiger partial charge on any atom is -0.376 e. The smallest absolute Gasteiger partial charge is 0.376 e. The lowest BCUT2D eigenvalue weighted by molar-refractivity contribution is -0.138. The summed E-state index contributed by atoms with van der Waals surface area (Å²) in [6.45, 7) is 9.15. The Morgan fingerprint density at radius 2 is 1.03 bits per heavy atom. The lowest BCUT2D eigenvalue weighted by Crippen LogP contribution is -2.62. The first-order valence-electron chi connectivity index (χ1n) is 21.2. The van der Waals surface area contributed by atoms with Crippen molar-refractivity contribution < 1.29 is 52.8 Å². The van der Waals surface area contributed by atoms with Gasteiger partial charge in [-0.15, -0.1) is 12.4 Å². The van der Waals surface area contributed by atoms with E-state index < -0.39 is 67.4 Å². The highest BCUT2D eigenvalue weighted by Gasteiger charge is 2.42. The zero-order valence-electron chi connectivity index (χ0n) is 37.5. The molecule has 0 aliphatic carbocycles. The summed E-state index contributed by atoms with van der Waals surface area (Å²) in [5.41, 5.74) is 7.84. The van der Waals surface area contributed by atoms with Crippen LogP contribution in [-0.4, -0.2) is 98.6 Å². The molecule has 13 nitrogen and oxygen atoms in total. The third-order valence-electron chi connectivity index (χ3n) is 11.2. The molecule has 0 spiro atoms. The normalized spacial score (nSPS) is 17.4. The summed E-state index contributed by atoms with van der Waals surface area (Å²) in [6.07, 6.45) is -9.16. The van der Waals surface area contributed by atoms with Gasteiger partial charge < -0.3 is 26.6 Å². The van der Waals surface area contributed by atoms with Gasteiger partial charge in [-0.25, -0.2) is 16.8 Å². The van der Waals surface area contributed by atoms with Crippen LogP contribution in [0.1, 0.15) is 72.9 Å². The van der Waals surface area contributed by atoms with E-state index in [0.717, 1.165) is 61.7 Å². The number of sulfonamides is 2. The van der Waals surface area contributed by atoms with Gasteiger partial charge in [-0.05, 0) is 94.8 Å². The van der Waals surface area contributed by atoms with Crippen LogP contribution in [-0.2, 0) is 55.1 Å². The van der Waals surface area contributed by atoms with Gasteiger partial charge in [0.1, 0.15) is 12.1 Å². The molecular formula is C45H54ClF6N7O6S3. The molecule has 2 aliphatic rings.